The zero-order valence-corrected chi connectivity index (χ0v) is 16.5. The van der Waals surface area contributed by atoms with Gasteiger partial charge in [0.1, 0.15) is 12.7 Å². The molecule has 9 heteroatoms. The highest BCUT2D eigenvalue weighted by Crippen LogP contribution is 2.37. The number of hydrogen-bond acceptors (Lipinski definition) is 7. The van der Waals surface area contributed by atoms with Gasteiger partial charge in [0, 0.05) is 24.7 Å². The molecule has 8 nitrogen and oxygen atoms in total. The lowest BCUT2D eigenvalue weighted by molar-refractivity contribution is -0.147. The van der Waals surface area contributed by atoms with Crippen LogP contribution in [-0.2, 0) is 19.1 Å². The first kappa shape index (κ1) is 22.0. The van der Waals surface area contributed by atoms with Crippen molar-refractivity contribution in [2.75, 3.05) is 26.4 Å². The van der Waals surface area contributed by atoms with Gasteiger partial charge in [-0.1, -0.05) is 31.5 Å². The van der Waals surface area contributed by atoms with Crippen LogP contribution < -0.4 is 14.8 Å². The maximum absolute atomic E-state index is 11.7. The normalized spacial score (nSPS) is 16.9. The summed E-state index contributed by atoms with van der Waals surface area (Å²) in [5.41, 5.74) is 0. The summed E-state index contributed by atoms with van der Waals surface area (Å²) < 4.78 is 22.3. The number of para-hydroxylation sites is 1. The van der Waals surface area contributed by atoms with Crippen molar-refractivity contribution in [3.63, 3.8) is 0 Å². The van der Waals surface area contributed by atoms with E-state index >= 15 is 0 Å². The summed E-state index contributed by atoms with van der Waals surface area (Å²) in [5.74, 6) is -0.906. The first-order valence-electron chi connectivity index (χ1n) is 8.86. The van der Waals surface area contributed by atoms with Gasteiger partial charge in [0.25, 0.3) is 0 Å². The number of carboxylic acids is 1. The number of aliphatic carboxylic acids is 1. The Morgan fingerprint density at radius 3 is 2.89 bits per heavy atom. The van der Waals surface area contributed by atoms with Gasteiger partial charge in [-0.25, -0.2) is 9.59 Å². The zero-order valence-electron chi connectivity index (χ0n) is 15.7. The number of carbonyl (C=O) groups excluding carboxylic acids is 1. The Hall–Kier alpha value is -2.29. The minimum absolute atomic E-state index is 0.120. The standard InChI is InChI=1S/C19H24ClNO7/c1-12(2)21-8-13(28-18(24)7-6-17(22)23)9-25-10-14-11-26-19-15(20)4-3-5-16(19)27-14/h3-7,12-14,21H,8-11H2,1-2H3,(H,22,23). The molecule has 0 bridgehead atoms. The van der Waals surface area contributed by atoms with E-state index in [1.807, 2.05) is 13.8 Å². The second-order valence-corrected chi connectivity index (χ2v) is 6.86. The Morgan fingerprint density at radius 1 is 1.39 bits per heavy atom. The molecule has 154 valence electrons. The van der Waals surface area contributed by atoms with E-state index in [1.54, 1.807) is 18.2 Å². The van der Waals surface area contributed by atoms with Gasteiger partial charge in [0.05, 0.1) is 18.2 Å². The first-order valence-corrected chi connectivity index (χ1v) is 9.23. The number of benzene rings is 1. The lowest BCUT2D eigenvalue weighted by atomic mass is 10.2. The summed E-state index contributed by atoms with van der Waals surface area (Å²) in [6.45, 7) is 4.92. The van der Waals surface area contributed by atoms with Gasteiger partial charge in [-0.2, -0.15) is 0 Å². The number of fused-ring (bicyclic) bond motifs is 1. The molecule has 0 spiro atoms. The molecule has 2 atom stereocenters. The predicted octanol–water partition coefficient (Wildman–Crippen LogP) is 2.05. The fourth-order valence-electron chi connectivity index (χ4n) is 2.37. The van der Waals surface area contributed by atoms with Crippen LogP contribution in [0.2, 0.25) is 5.02 Å². The molecule has 0 saturated heterocycles. The Bertz CT molecular complexity index is 708. The Balaban J connectivity index is 1.83. The van der Waals surface area contributed by atoms with E-state index in [-0.39, 0.29) is 32.0 Å². The molecule has 0 fully saturated rings. The molecule has 1 aliphatic heterocycles. The first-order chi connectivity index (χ1) is 13.3. The van der Waals surface area contributed by atoms with E-state index in [4.69, 9.17) is 35.7 Å². The number of hydrogen-bond donors (Lipinski definition) is 2. The second-order valence-electron chi connectivity index (χ2n) is 6.45. The molecule has 0 aliphatic carbocycles. The lowest BCUT2D eigenvalue weighted by Gasteiger charge is -2.27. The molecule has 0 aromatic heterocycles. The van der Waals surface area contributed by atoms with Crippen molar-refractivity contribution in [1.29, 1.82) is 0 Å². The predicted molar refractivity (Wildman–Crippen MR) is 102 cm³/mol. The van der Waals surface area contributed by atoms with Crippen LogP contribution in [0.5, 0.6) is 11.5 Å². The molecule has 0 amide bonds. The summed E-state index contributed by atoms with van der Waals surface area (Å²) >= 11 is 6.06. The third-order valence-corrected chi connectivity index (χ3v) is 3.94. The molecule has 0 saturated carbocycles. The maximum Gasteiger partial charge on any atom is 0.331 e. The molecular formula is C19H24ClNO7. The van der Waals surface area contributed by atoms with Crippen LogP contribution in [0.4, 0.5) is 0 Å². The largest absolute Gasteiger partial charge is 0.484 e. The second kappa shape index (κ2) is 10.9. The van der Waals surface area contributed by atoms with Gasteiger partial charge in [0.2, 0.25) is 0 Å². The molecule has 1 aromatic carbocycles. The van der Waals surface area contributed by atoms with E-state index in [0.29, 0.717) is 23.1 Å². The van der Waals surface area contributed by atoms with Gasteiger partial charge in [-0.3, -0.25) is 0 Å². The molecular weight excluding hydrogens is 390 g/mol. The summed E-state index contributed by atoms with van der Waals surface area (Å²) in [7, 11) is 0. The summed E-state index contributed by atoms with van der Waals surface area (Å²) in [4.78, 5) is 22.2. The zero-order chi connectivity index (χ0) is 20.5. The van der Waals surface area contributed by atoms with E-state index in [2.05, 4.69) is 5.32 Å². The molecule has 1 aromatic rings. The quantitative estimate of drug-likeness (QED) is 0.443. The number of rotatable bonds is 10. The summed E-state index contributed by atoms with van der Waals surface area (Å²) in [6, 6.07) is 5.44. The van der Waals surface area contributed by atoms with E-state index < -0.39 is 18.0 Å². The van der Waals surface area contributed by atoms with Crippen molar-refractivity contribution >= 4 is 23.5 Å². The molecule has 1 aliphatic rings. The Labute approximate surface area is 168 Å². The van der Waals surface area contributed by atoms with Crippen molar-refractivity contribution in [3.8, 4) is 11.5 Å². The Kier molecular flexibility index (Phi) is 8.56. The van der Waals surface area contributed by atoms with Gasteiger partial charge in [0.15, 0.2) is 17.6 Å². The number of carboxylic acid groups (broad SMARTS) is 1. The lowest BCUT2D eigenvalue weighted by Crippen LogP contribution is -2.39. The van der Waals surface area contributed by atoms with Crippen molar-refractivity contribution in [2.45, 2.75) is 32.1 Å². The maximum atomic E-state index is 11.7. The minimum atomic E-state index is -1.22. The van der Waals surface area contributed by atoms with Gasteiger partial charge >= 0.3 is 11.9 Å². The Morgan fingerprint density at radius 2 is 2.18 bits per heavy atom. The topological polar surface area (TPSA) is 103 Å². The number of esters is 1. The van der Waals surface area contributed by atoms with Crippen LogP contribution in [0.15, 0.2) is 30.4 Å². The average molecular weight is 414 g/mol. The summed E-state index contributed by atoms with van der Waals surface area (Å²) in [6.07, 6.45) is 0.682. The molecule has 2 rings (SSSR count). The molecule has 28 heavy (non-hydrogen) atoms. The number of halogens is 1. The highest BCUT2D eigenvalue weighted by molar-refractivity contribution is 6.32. The van der Waals surface area contributed by atoms with Crippen LogP contribution in [-0.4, -0.2) is 61.7 Å². The van der Waals surface area contributed by atoms with Crippen LogP contribution in [0.1, 0.15) is 13.8 Å². The van der Waals surface area contributed by atoms with Crippen molar-refractivity contribution < 1.29 is 33.6 Å². The smallest absolute Gasteiger partial charge is 0.331 e. The van der Waals surface area contributed by atoms with Crippen molar-refractivity contribution in [2.24, 2.45) is 0 Å². The molecule has 0 radical (unpaired) electrons. The monoisotopic (exact) mass is 413 g/mol. The van der Waals surface area contributed by atoms with E-state index in [0.717, 1.165) is 12.2 Å². The highest BCUT2D eigenvalue weighted by atomic mass is 35.5. The van der Waals surface area contributed by atoms with E-state index in [1.165, 1.54) is 0 Å². The fourth-order valence-corrected chi connectivity index (χ4v) is 2.59. The number of ether oxygens (including phenoxy) is 4. The highest BCUT2D eigenvalue weighted by Gasteiger charge is 2.24. The minimum Gasteiger partial charge on any atom is -0.484 e. The number of carbonyl (C=O) groups is 2. The van der Waals surface area contributed by atoms with Crippen LogP contribution in [0.3, 0.4) is 0 Å². The third-order valence-electron chi connectivity index (χ3n) is 3.64. The molecule has 2 unspecified atom stereocenters. The molecule has 2 N–H and O–H groups in total. The summed E-state index contributed by atoms with van der Waals surface area (Å²) in [5, 5.41) is 12.2. The van der Waals surface area contributed by atoms with E-state index in [9.17, 15) is 9.59 Å². The average Bonchev–Trinajstić information content (AvgIpc) is 2.64. The third kappa shape index (κ3) is 7.38. The number of nitrogens with one attached hydrogen (secondary N) is 1. The van der Waals surface area contributed by atoms with Crippen molar-refractivity contribution in [1.82, 2.24) is 5.32 Å². The van der Waals surface area contributed by atoms with Gasteiger partial charge in [-0.15, -0.1) is 0 Å². The van der Waals surface area contributed by atoms with Crippen LogP contribution in [0, 0.1) is 0 Å². The van der Waals surface area contributed by atoms with Gasteiger partial charge in [-0.05, 0) is 12.1 Å². The SMILES string of the molecule is CC(C)NCC(COCC1COc2c(Cl)cccc2O1)OC(=O)C=CC(=O)O. The van der Waals surface area contributed by atoms with Crippen LogP contribution >= 0.6 is 11.6 Å². The van der Waals surface area contributed by atoms with Gasteiger partial charge < -0.3 is 29.4 Å². The molecule has 1 heterocycles. The van der Waals surface area contributed by atoms with Crippen LogP contribution in [0.25, 0.3) is 0 Å². The van der Waals surface area contributed by atoms with Crippen molar-refractivity contribution in [3.05, 3.63) is 35.4 Å². The fraction of sp³-hybridized carbons (Fsp3) is 0.474.